The molecule has 0 spiro atoms. The van der Waals surface area contributed by atoms with Crippen molar-refractivity contribution in [2.24, 2.45) is 0 Å². The number of hydrogen-bond acceptors (Lipinski definition) is 5. The molecule has 1 aromatic rings. The van der Waals surface area contributed by atoms with Crippen molar-refractivity contribution in [3.63, 3.8) is 0 Å². The average Bonchev–Trinajstić information content (AvgIpc) is 2.82. The molecule has 0 radical (unpaired) electrons. The summed E-state index contributed by atoms with van der Waals surface area (Å²) in [5.41, 5.74) is 4.16. The van der Waals surface area contributed by atoms with Gasteiger partial charge in [-0.25, -0.2) is 4.98 Å². The number of allylic oxidation sites excluding steroid dienone is 3. The molecular formula is C23H29N5O2. The van der Waals surface area contributed by atoms with Gasteiger partial charge in [0.15, 0.2) is 0 Å². The summed E-state index contributed by atoms with van der Waals surface area (Å²) in [4.78, 5) is 33.8. The number of aromatic nitrogens is 1. The molecule has 1 saturated heterocycles. The second kappa shape index (κ2) is 8.81. The lowest BCUT2D eigenvalue weighted by atomic mass is 9.93. The SMILES string of the molecule is CNC(=O)C1=C(C=N)C=C(N2CCCc3cc(C(=O)N4CCCCC4)cnc32)CC1. The van der Waals surface area contributed by atoms with Gasteiger partial charge in [-0.1, -0.05) is 0 Å². The monoisotopic (exact) mass is 407 g/mol. The van der Waals surface area contributed by atoms with Gasteiger partial charge in [0.2, 0.25) is 5.91 Å². The summed E-state index contributed by atoms with van der Waals surface area (Å²) < 4.78 is 0. The highest BCUT2D eigenvalue weighted by atomic mass is 16.2. The van der Waals surface area contributed by atoms with Gasteiger partial charge in [0, 0.05) is 55.9 Å². The van der Waals surface area contributed by atoms with Gasteiger partial charge in [0.25, 0.3) is 5.91 Å². The molecule has 2 amide bonds. The van der Waals surface area contributed by atoms with Crippen LogP contribution < -0.4 is 10.2 Å². The summed E-state index contributed by atoms with van der Waals surface area (Å²) in [6.07, 6.45) is 11.5. The zero-order valence-electron chi connectivity index (χ0n) is 17.5. The molecule has 0 bridgehead atoms. The first kappa shape index (κ1) is 20.3. The largest absolute Gasteiger partial charge is 0.355 e. The van der Waals surface area contributed by atoms with Gasteiger partial charge in [0.05, 0.1) is 5.56 Å². The average molecular weight is 408 g/mol. The minimum Gasteiger partial charge on any atom is -0.355 e. The van der Waals surface area contributed by atoms with Gasteiger partial charge in [-0.05, 0) is 62.7 Å². The lowest BCUT2D eigenvalue weighted by Crippen LogP contribution is -2.36. The van der Waals surface area contributed by atoms with Crippen LogP contribution in [0.25, 0.3) is 0 Å². The molecule has 2 N–H and O–H groups in total. The quantitative estimate of drug-likeness (QED) is 0.751. The van der Waals surface area contributed by atoms with Gasteiger partial charge >= 0.3 is 0 Å². The van der Waals surface area contributed by atoms with Crippen LogP contribution in [0.2, 0.25) is 0 Å². The normalized spacial score (nSPS) is 19.2. The minimum absolute atomic E-state index is 0.0863. The number of likely N-dealkylation sites (N-methyl/N-ethyl adjacent to an activating group) is 1. The Hall–Kier alpha value is -2.96. The zero-order valence-corrected chi connectivity index (χ0v) is 17.5. The number of carbonyl (C=O) groups excluding carboxylic acids is 2. The molecule has 4 rings (SSSR count). The van der Waals surface area contributed by atoms with E-state index in [9.17, 15) is 9.59 Å². The Morgan fingerprint density at radius 3 is 2.63 bits per heavy atom. The summed E-state index contributed by atoms with van der Waals surface area (Å²) in [6, 6.07) is 2.01. The minimum atomic E-state index is -0.123. The molecule has 0 saturated carbocycles. The maximum atomic E-state index is 12.9. The van der Waals surface area contributed by atoms with Gasteiger partial charge in [-0.2, -0.15) is 0 Å². The number of nitrogens with one attached hydrogen (secondary N) is 2. The molecule has 3 heterocycles. The van der Waals surface area contributed by atoms with Gasteiger partial charge < -0.3 is 20.5 Å². The van der Waals surface area contributed by atoms with Crippen molar-refractivity contribution in [3.8, 4) is 0 Å². The van der Waals surface area contributed by atoms with E-state index in [2.05, 4.69) is 10.2 Å². The van der Waals surface area contributed by atoms with Crippen LogP contribution in [0.1, 0.15) is 54.4 Å². The molecule has 0 aromatic carbocycles. The van der Waals surface area contributed by atoms with Crippen LogP contribution in [-0.4, -0.2) is 54.6 Å². The topological polar surface area (TPSA) is 89.4 Å². The molecule has 30 heavy (non-hydrogen) atoms. The number of likely N-dealkylation sites (tertiary alicyclic amines) is 1. The van der Waals surface area contributed by atoms with E-state index >= 15 is 0 Å². The predicted molar refractivity (Wildman–Crippen MR) is 117 cm³/mol. The number of rotatable bonds is 4. The van der Waals surface area contributed by atoms with E-state index in [0.717, 1.165) is 68.8 Å². The van der Waals surface area contributed by atoms with Crippen molar-refractivity contribution in [2.75, 3.05) is 31.6 Å². The molecule has 1 fully saturated rings. The fraction of sp³-hybridized carbons (Fsp3) is 0.478. The number of anilines is 1. The molecule has 3 aliphatic rings. The van der Waals surface area contributed by atoms with Crippen molar-refractivity contribution in [1.29, 1.82) is 5.41 Å². The summed E-state index contributed by atoms with van der Waals surface area (Å²) in [5.74, 6) is 0.862. The van der Waals surface area contributed by atoms with Gasteiger partial charge in [-0.3, -0.25) is 9.59 Å². The third-order valence-corrected chi connectivity index (χ3v) is 6.22. The standard InChI is InChI=1S/C23H29N5O2/c1-25-22(29)20-8-7-19(13-17(20)14-24)28-11-5-6-16-12-18(15-26-21(16)28)23(30)27-9-3-2-4-10-27/h12-15,24H,2-11H2,1H3,(H,25,29). The fourth-order valence-electron chi connectivity index (χ4n) is 4.61. The Balaban J connectivity index is 1.61. The Labute approximate surface area is 177 Å². The van der Waals surface area contributed by atoms with Crippen LogP contribution in [0, 0.1) is 5.41 Å². The second-order valence-electron chi connectivity index (χ2n) is 8.11. The van der Waals surface area contributed by atoms with E-state index in [1.165, 1.54) is 12.6 Å². The molecule has 1 aromatic heterocycles. The smallest absolute Gasteiger partial charge is 0.255 e. The highest BCUT2D eigenvalue weighted by Gasteiger charge is 2.27. The zero-order chi connectivity index (χ0) is 21.1. The fourth-order valence-corrected chi connectivity index (χ4v) is 4.61. The summed E-state index contributed by atoms with van der Waals surface area (Å²) in [5, 5.41) is 10.4. The van der Waals surface area contributed by atoms with Crippen molar-refractivity contribution in [3.05, 3.63) is 46.3 Å². The highest BCUT2D eigenvalue weighted by molar-refractivity contribution is 6.01. The second-order valence-corrected chi connectivity index (χ2v) is 8.11. The molecule has 0 atom stereocenters. The van der Waals surface area contributed by atoms with Crippen molar-refractivity contribution >= 4 is 23.8 Å². The summed E-state index contributed by atoms with van der Waals surface area (Å²) in [6.45, 7) is 2.52. The first-order chi connectivity index (χ1) is 14.6. The number of pyridine rings is 1. The van der Waals surface area contributed by atoms with Crippen LogP contribution in [0.4, 0.5) is 5.82 Å². The van der Waals surface area contributed by atoms with Crippen molar-refractivity contribution < 1.29 is 9.59 Å². The lowest BCUT2D eigenvalue weighted by Gasteiger charge is -2.34. The Morgan fingerprint density at radius 2 is 1.90 bits per heavy atom. The third-order valence-electron chi connectivity index (χ3n) is 6.22. The van der Waals surface area contributed by atoms with E-state index in [1.807, 2.05) is 17.0 Å². The Morgan fingerprint density at radius 1 is 1.10 bits per heavy atom. The number of hydrogen-bond donors (Lipinski definition) is 2. The first-order valence-corrected chi connectivity index (χ1v) is 10.8. The first-order valence-electron chi connectivity index (χ1n) is 10.8. The molecular weight excluding hydrogens is 378 g/mol. The van der Waals surface area contributed by atoms with Crippen molar-refractivity contribution in [2.45, 2.75) is 44.9 Å². The van der Waals surface area contributed by atoms with Gasteiger partial charge in [0.1, 0.15) is 5.82 Å². The van der Waals surface area contributed by atoms with E-state index in [1.54, 1.807) is 13.2 Å². The molecule has 158 valence electrons. The summed E-state index contributed by atoms with van der Waals surface area (Å²) >= 11 is 0. The van der Waals surface area contributed by atoms with Crippen LogP contribution in [0.15, 0.2) is 35.2 Å². The van der Waals surface area contributed by atoms with E-state index in [0.29, 0.717) is 23.1 Å². The number of aryl methyl sites for hydroxylation is 1. The van der Waals surface area contributed by atoms with E-state index < -0.39 is 0 Å². The number of nitrogens with zero attached hydrogens (tertiary/aromatic N) is 3. The lowest BCUT2D eigenvalue weighted by molar-refractivity contribution is -0.117. The number of amides is 2. The van der Waals surface area contributed by atoms with Gasteiger partial charge in [-0.15, -0.1) is 0 Å². The Bertz CT molecular complexity index is 928. The molecule has 7 heteroatoms. The third kappa shape index (κ3) is 3.88. The van der Waals surface area contributed by atoms with Crippen LogP contribution in [0.5, 0.6) is 0 Å². The predicted octanol–water partition coefficient (Wildman–Crippen LogP) is 2.83. The maximum Gasteiger partial charge on any atom is 0.255 e. The van der Waals surface area contributed by atoms with E-state index in [4.69, 9.17) is 10.4 Å². The molecule has 0 unspecified atom stereocenters. The highest BCUT2D eigenvalue weighted by Crippen LogP contribution is 2.34. The van der Waals surface area contributed by atoms with E-state index in [-0.39, 0.29) is 11.8 Å². The molecule has 2 aliphatic heterocycles. The Kier molecular flexibility index (Phi) is 5.97. The molecule has 1 aliphatic carbocycles. The number of carbonyl (C=O) groups is 2. The summed E-state index contributed by atoms with van der Waals surface area (Å²) in [7, 11) is 1.61. The molecule has 7 nitrogen and oxygen atoms in total. The van der Waals surface area contributed by atoms with Crippen LogP contribution >= 0.6 is 0 Å². The van der Waals surface area contributed by atoms with Crippen molar-refractivity contribution in [1.82, 2.24) is 15.2 Å². The number of piperidine rings is 1. The van der Waals surface area contributed by atoms with Crippen LogP contribution in [-0.2, 0) is 11.2 Å². The maximum absolute atomic E-state index is 12.9. The number of fused-ring (bicyclic) bond motifs is 1. The van der Waals surface area contributed by atoms with Crippen LogP contribution in [0.3, 0.4) is 0 Å².